The number of guanidine groups is 1. The lowest BCUT2D eigenvalue weighted by molar-refractivity contribution is 0.299. The first-order valence-electron chi connectivity index (χ1n) is 10.3. The second-order valence-corrected chi connectivity index (χ2v) is 9.25. The molecule has 2 N–H and O–H groups in total. The molecule has 1 fully saturated rings. The Kier molecular flexibility index (Phi) is 12.6. The molecule has 1 heterocycles. The van der Waals surface area contributed by atoms with Crippen LogP contribution in [0.3, 0.4) is 0 Å². The molecule has 29 heavy (non-hydrogen) atoms. The van der Waals surface area contributed by atoms with E-state index in [1.807, 2.05) is 6.07 Å². The largest absolute Gasteiger partial charge is 0.372 e. The molecule has 0 unspecified atom stereocenters. The lowest BCUT2D eigenvalue weighted by Gasteiger charge is -2.26. The van der Waals surface area contributed by atoms with E-state index in [-0.39, 0.29) is 35.5 Å². The number of hydrogen-bond acceptors (Lipinski definition) is 5. The van der Waals surface area contributed by atoms with Crippen LogP contribution in [0.15, 0.2) is 35.3 Å². The Hall–Kier alpha value is -1.07. The van der Waals surface area contributed by atoms with Gasteiger partial charge in [-0.15, -0.1) is 24.0 Å². The topological polar surface area (TPSA) is 77.0 Å². The molecular weight excluding hydrogens is 501 g/mol. The first kappa shape index (κ1) is 26.0. The molecule has 0 saturated carbocycles. The summed E-state index contributed by atoms with van der Waals surface area (Å²) in [5.74, 6) is 1.38. The van der Waals surface area contributed by atoms with Crippen LogP contribution in [0, 0.1) is 0 Å². The zero-order chi connectivity index (χ0) is 20.2. The van der Waals surface area contributed by atoms with Gasteiger partial charge in [0.2, 0.25) is 0 Å². The van der Waals surface area contributed by atoms with Gasteiger partial charge in [-0.05, 0) is 32.4 Å². The normalized spacial score (nSPS) is 16.7. The van der Waals surface area contributed by atoms with E-state index in [1.165, 1.54) is 5.69 Å². The maximum absolute atomic E-state index is 11.5. The Morgan fingerprint density at radius 2 is 1.83 bits per heavy atom. The molecule has 2 rings (SSSR count). The minimum atomic E-state index is -2.81. The number of hydrogen-bond donors (Lipinski definition) is 2. The third-order valence-corrected chi connectivity index (χ3v) is 6.47. The van der Waals surface area contributed by atoms with Gasteiger partial charge >= 0.3 is 0 Å². The SMILES string of the molecule is CCNC(=NCCCN(CC)c1ccccc1)NCCN1CCS(=O)(=O)CC1.I. The highest BCUT2D eigenvalue weighted by Crippen LogP contribution is 2.12. The molecule has 9 heteroatoms. The number of rotatable bonds is 10. The van der Waals surface area contributed by atoms with E-state index < -0.39 is 9.84 Å². The summed E-state index contributed by atoms with van der Waals surface area (Å²) < 4.78 is 23.0. The van der Waals surface area contributed by atoms with Crippen LogP contribution in [-0.2, 0) is 9.84 Å². The van der Waals surface area contributed by atoms with E-state index in [9.17, 15) is 8.42 Å². The predicted octanol–water partition coefficient (Wildman–Crippen LogP) is 1.81. The number of benzene rings is 1. The predicted molar refractivity (Wildman–Crippen MR) is 133 cm³/mol. The van der Waals surface area contributed by atoms with Crippen molar-refractivity contribution in [1.29, 1.82) is 0 Å². The number of anilines is 1. The smallest absolute Gasteiger partial charge is 0.191 e. The molecular formula is C20H36IN5O2S. The summed E-state index contributed by atoms with van der Waals surface area (Å²) >= 11 is 0. The van der Waals surface area contributed by atoms with Gasteiger partial charge in [-0.2, -0.15) is 0 Å². The highest BCUT2D eigenvalue weighted by molar-refractivity contribution is 14.0. The first-order chi connectivity index (χ1) is 13.5. The summed E-state index contributed by atoms with van der Waals surface area (Å²) in [6.45, 7) is 10.6. The van der Waals surface area contributed by atoms with Gasteiger partial charge in [0.25, 0.3) is 0 Å². The fourth-order valence-corrected chi connectivity index (χ4v) is 4.49. The van der Waals surface area contributed by atoms with E-state index in [0.29, 0.717) is 13.1 Å². The van der Waals surface area contributed by atoms with Crippen LogP contribution in [0.5, 0.6) is 0 Å². The van der Waals surface area contributed by atoms with Crippen molar-refractivity contribution in [3.8, 4) is 0 Å². The summed E-state index contributed by atoms with van der Waals surface area (Å²) in [4.78, 5) is 9.22. The summed E-state index contributed by atoms with van der Waals surface area (Å²) in [5, 5.41) is 6.63. The van der Waals surface area contributed by atoms with Crippen molar-refractivity contribution < 1.29 is 8.42 Å². The van der Waals surface area contributed by atoms with Gasteiger partial charge in [0.15, 0.2) is 15.8 Å². The summed E-state index contributed by atoms with van der Waals surface area (Å²) in [6, 6.07) is 10.5. The maximum Gasteiger partial charge on any atom is 0.191 e. The zero-order valence-electron chi connectivity index (χ0n) is 17.6. The van der Waals surface area contributed by atoms with Crippen molar-refractivity contribution in [2.24, 2.45) is 4.99 Å². The zero-order valence-corrected chi connectivity index (χ0v) is 20.8. The van der Waals surface area contributed by atoms with Crippen LogP contribution < -0.4 is 15.5 Å². The van der Waals surface area contributed by atoms with E-state index >= 15 is 0 Å². The van der Waals surface area contributed by atoms with E-state index in [0.717, 1.165) is 51.6 Å². The standard InChI is InChI=1S/C20H35N5O2S.HI/c1-3-21-20(23-12-14-24-15-17-28(26,27)18-16-24)22-11-8-13-25(4-2)19-9-6-5-7-10-19;/h5-7,9-10H,3-4,8,11-18H2,1-2H3,(H2,21,22,23);1H. The van der Waals surface area contributed by atoms with Crippen LogP contribution in [0.25, 0.3) is 0 Å². The molecule has 0 atom stereocenters. The van der Waals surface area contributed by atoms with Crippen molar-refractivity contribution >= 4 is 45.5 Å². The minimum Gasteiger partial charge on any atom is -0.372 e. The lowest BCUT2D eigenvalue weighted by Crippen LogP contribution is -2.46. The van der Waals surface area contributed by atoms with Crippen LogP contribution in [0.1, 0.15) is 20.3 Å². The van der Waals surface area contributed by atoms with Crippen LogP contribution >= 0.6 is 24.0 Å². The van der Waals surface area contributed by atoms with Crippen molar-refractivity contribution in [3.05, 3.63) is 30.3 Å². The second-order valence-electron chi connectivity index (χ2n) is 6.95. The summed E-state index contributed by atoms with van der Waals surface area (Å²) in [6.07, 6.45) is 0.989. The summed E-state index contributed by atoms with van der Waals surface area (Å²) in [7, 11) is -2.81. The molecule has 0 radical (unpaired) electrons. The Balaban J connectivity index is 0.00000420. The van der Waals surface area contributed by atoms with Gasteiger partial charge in [-0.3, -0.25) is 9.89 Å². The molecule has 1 saturated heterocycles. The number of halogens is 1. The Morgan fingerprint density at radius 3 is 2.45 bits per heavy atom. The number of nitrogens with zero attached hydrogens (tertiary/aromatic N) is 3. The third-order valence-electron chi connectivity index (χ3n) is 4.86. The molecule has 0 aliphatic carbocycles. The Bertz CT molecular complexity index is 686. The molecule has 166 valence electrons. The van der Waals surface area contributed by atoms with Crippen LogP contribution in [-0.4, -0.2) is 83.1 Å². The van der Waals surface area contributed by atoms with Crippen LogP contribution in [0.2, 0.25) is 0 Å². The highest BCUT2D eigenvalue weighted by Gasteiger charge is 2.20. The first-order valence-corrected chi connectivity index (χ1v) is 12.1. The molecule has 0 spiro atoms. The van der Waals surface area contributed by atoms with Crippen molar-refractivity contribution in [2.75, 3.05) is 68.8 Å². The van der Waals surface area contributed by atoms with Crippen molar-refractivity contribution in [3.63, 3.8) is 0 Å². The van der Waals surface area contributed by atoms with E-state index in [1.54, 1.807) is 0 Å². The average Bonchev–Trinajstić information content (AvgIpc) is 2.70. The molecule has 1 aromatic carbocycles. The fourth-order valence-electron chi connectivity index (χ4n) is 3.21. The fraction of sp³-hybridized carbons (Fsp3) is 0.650. The van der Waals surface area contributed by atoms with Gasteiger partial charge in [-0.25, -0.2) is 8.42 Å². The minimum absolute atomic E-state index is 0. The van der Waals surface area contributed by atoms with E-state index in [2.05, 4.69) is 63.5 Å². The van der Waals surface area contributed by atoms with Gasteiger partial charge in [0.05, 0.1) is 11.5 Å². The molecule has 0 amide bonds. The highest BCUT2D eigenvalue weighted by atomic mass is 127. The molecule has 0 bridgehead atoms. The molecule has 1 aliphatic rings. The Labute approximate surface area is 193 Å². The van der Waals surface area contributed by atoms with Crippen molar-refractivity contribution in [1.82, 2.24) is 15.5 Å². The summed E-state index contributed by atoms with van der Waals surface area (Å²) in [5.41, 5.74) is 1.25. The van der Waals surface area contributed by atoms with Gasteiger partial charge in [0, 0.05) is 58.0 Å². The molecule has 1 aliphatic heterocycles. The van der Waals surface area contributed by atoms with Gasteiger partial charge in [0.1, 0.15) is 0 Å². The van der Waals surface area contributed by atoms with E-state index in [4.69, 9.17) is 0 Å². The molecule has 7 nitrogen and oxygen atoms in total. The lowest BCUT2D eigenvalue weighted by atomic mass is 10.2. The Morgan fingerprint density at radius 1 is 1.14 bits per heavy atom. The quantitative estimate of drug-likeness (QED) is 0.205. The van der Waals surface area contributed by atoms with Gasteiger partial charge < -0.3 is 15.5 Å². The number of para-hydroxylation sites is 1. The maximum atomic E-state index is 11.5. The van der Waals surface area contributed by atoms with Crippen LogP contribution in [0.4, 0.5) is 5.69 Å². The molecule has 0 aromatic heterocycles. The van der Waals surface area contributed by atoms with Crippen molar-refractivity contribution in [2.45, 2.75) is 20.3 Å². The number of nitrogens with one attached hydrogen (secondary N) is 2. The monoisotopic (exact) mass is 537 g/mol. The van der Waals surface area contributed by atoms with Gasteiger partial charge in [-0.1, -0.05) is 18.2 Å². The molecule has 1 aromatic rings. The third kappa shape index (κ3) is 9.99. The average molecular weight is 538 g/mol. The second kappa shape index (κ2) is 14.0. The number of aliphatic imine (C=N–C) groups is 1. The number of sulfone groups is 1.